The van der Waals surface area contributed by atoms with Crippen LogP contribution in [0.2, 0.25) is 10.0 Å². The molecule has 188 valence electrons. The molecule has 1 aliphatic heterocycles. The first-order valence-corrected chi connectivity index (χ1v) is 12.2. The Kier molecular flexibility index (Phi) is 8.26. The molecule has 4 rings (SSSR count). The van der Waals surface area contributed by atoms with Crippen molar-refractivity contribution in [3.05, 3.63) is 93.7 Å². The predicted octanol–water partition coefficient (Wildman–Crippen LogP) is 4.50. The minimum absolute atomic E-state index is 0.174. The largest absolute Gasteiger partial charge is 0.380 e. The summed E-state index contributed by atoms with van der Waals surface area (Å²) in [6.45, 7) is 0.144. The van der Waals surface area contributed by atoms with E-state index in [9.17, 15) is 24.2 Å². The second kappa shape index (κ2) is 11.4. The Balaban J connectivity index is 1.38. The van der Waals surface area contributed by atoms with E-state index in [1.807, 2.05) is 6.07 Å². The van der Waals surface area contributed by atoms with Crippen LogP contribution >= 0.6 is 23.2 Å². The number of aliphatic hydroxyl groups excluding tert-OH is 2. The van der Waals surface area contributed by atoms with Crippen molar-refractivity contribution in [3.8, 4) is 11.1 Å². The van der Waals surface area contributed by atoms with E-state index < -0.39 is 29.8 Å². The minimum atomic E-state index is -2.01. The number of benzene rings is 3. The van der Waals surface area contributed by atoms with Gasteiger partial charge in [-0.1, -0.05) is 65.7 Å². The average Bonchev–Trinajstić information content (AvgIpc) is 3.37. The molecule has 0 bridgehead atoms. The van der Waals surface area contributed by atoms with E-state index in [-0.39, 0.29) is 18.2 Å². The molecule has 0 saturated carbocycles. The average molecular weight is 531 g/mol. The topological polar surface area (TPSA) is 89.9 Å². The molecule has 0 aromatic heterocycles. The Morgan fingerprint density at radius 1 is 1.03 bits per heavy atom. The SMILES string of the molecule is O=C(NCc1ccc(-c2ccccc2Cl)cc1F)[C@H](O)C(O)C(=O)N1CCCC1c1cccc(Cl)c1. The maximum absolute atomic E-state index is 14.7. The van der Waals surface area contributed by atoms with E-state index >= 15 is 0 Å². The number of hydrogen-bond acceptors (Lipinski definition) is 4. The molecular weight excluding hydrogens is 506 g/mol. The van der Waals surface area contributed by atoms with Gasteiger partial charge < -0.3 is 20.4 Å². The maximum atomic E-state index is 14.7. The number of carbonyl (C=O) groups is 2. The van der Waals surface area contributed by atoms with Crippen molar-refractivity contribution in [3.63, 3.8) is 0 Å². The molecule has 0 spiro atoms. The fraction of sp³-hybridized carbons (Fsp3) is 0.259. The number of rotatable bonds is 7. The normalized spacial score (nSPS) is 17.0. The van der Waals surface area contributed by atoms with Crippen LogP contribution in [0.4, 0.5) is 4.39 Å². The van der Waals surface area contributed by atoms with Gasteiger partial charge in [0.05, 0.1) is 6.04 Å². The molecule has 36 heavy (non-hydrogen) atoms. The number of halogens is 3. The quantitative estimate of drug-likeness (QED) is 0.419. The fourth-order valence-corrected chi connectivity index (χ4v) is 4.82. The first kappa shape index (κ1) is 26.1. The fourth-order valence-electron chi connectivity index (χ4n) is 4.38. The Bertz CT molecular complexity index is 1270. The molecule has 3 aromatic rings. The van der Waals surface area contributed by atoms with E-state index in [2.05, 4.69) is 5.32 Å². The van der Waals surface area contributed by atoms with Gasteiger partial charge in [-0.05, 0) is 48.2 Å². The lowest BCUT2D eigenvalue weighted by atomic mass is 10.0. The number of aliphatic hydroxyl groups is 2. The number of nitrogens with zero attached hydrogens (tertiary/aromatic N) is 1. The third-order valence-corrected chi connectivity index (χ3v) is 6.85. The summed E-state index contributed by atoms with van der Waals surface area (Å²) in [5.41, 5.74) is 2.24. The highest BCUT2D eigenvalue weighted by Crippen LogP contribution is 2.34. The van der Waals surface area contributed by atoms with Gasteiger partial charge in [-0.2, -0.15) is 0 Å². The van der Waals surface area contributed by atoms with Crippen molar-refractivity contribution in [2.24, 2.45) is 0 Å². The number of amides is 2. The van der Waals surface area contributed by atoms with Crippen LogP contribution in [-0.2, 0) is 16.1 Å². The molecular formula is C27H25Cl2FN2O4. The third kappa shape index (κ3) is 5.71. The van der Waals surface area contributed by atoms with Crippen molar-refractivity contribution in [2.45, 2.75) is 37.6 Å². The lowest BCUT2D eigenvalue weighted by Crippen LogP contribution is -2.50. The zero-order chi connectivity index (χ0) is 25.8. The van der Waals surface area contributed by atoms with E-state index in [1.165, 1.54) is 17.0 Å². The number of likely N-dealkylation sites (tertiary alicyclic amines) is 1. The van der Waals surface area contributed by atoms with Crippen molar-refractivity contribution in [1.82, 2.24) is 10.2 Å². The van der Waals surface area contributed by atoms with Gasteiger partial charge in [0.25, 0.3) is 11.8 Å². The summed E-state index contributed by atoms with van der Waals surface area (Å²) in [7, 11) is 0. The highest BCUT2D eigenvalue weighted by atomic mass is 35.5. The zero-order valence-electron chi connectivity index (χ0n) is 19.2. The van der Waals surface area contributed by atoms with Gasteiger partial charge in [0, 0.05) is 34.3 Å². The van der Waals surface area contributed by atoms with Gasteiger partial charge in [0.1, 0.15) is 5.82 Å². The Labute approximate surface area is 218 Å². The smallest absolute Gasteiger partial charge is 0.255 e. The van der Waals surface area contributed by atoms with Gasteiger partial charge in [-0.15, -0.1) is 0 Å². The number of hydrogen-bond donors (Lipinski definition) is 3. The summed E-state index contributed by atoms with van der Waals surface area (Å²) >= 11 is 12.2. The van der Waals surface area contributed by atoms with Gasteiger partial charge in [0.2, 0.25) is 0 Å². The highest BCUT2D eigenvalue weighted by Gasteiger charge is 2.38. The summed E-state index contributed by atoms with van der Waals surface area (Å²) in [4.78, 5) is 26.8. The second-order valence-electron chi connectivity index (χ2n) is 8.64. The van der Waals surface area contributed by atoms with Crippen molar-refractivity contribution in [2.75, 3.05) is 6.54 Å². The minimum Gasteiger partial charge on any atom is -0.380 e. The summed E-state index contributed by atoms with van der Waals surface area (Å²) in [5, 5.41) is 24.2. The molecule has 0 radical (unpaired) electrons. The van der Waals surface area contributed by atoms with Crippen LogP contribution in [-0.4, -0.2) is 45.7 Å². The van der Waals surface area contributed by atoms with E-state index in [0.29, 0.717) is 40.6 Å². The van der Waals surface area contributed by atoms with Crippen LogP contribution in [0, 0.1) is 5.82 Å². The monoisotopic (exact) mass is 530 g/mol. The summed E-state index contributed by atoms with van der Waals surface area (Å²) in [5.74, 6) is -2.31. The molecule has 1 heterocycles. The summed E-state index contributed by atoms with van der Waals surface area (Å²) in [6.07, 6.45) is -2.59. The molecule has 1 fully saturated rings. The van der Waals surface area contributed by atoms with Crippen LogP contribution in [0.5, 0.6) is 0 Å². The molecule has 2 amide bonds. The number of carbonyl (C=O) groups excluding carboxylic acids is 2. The van der Waals surface area contributed by atoms with Crippen LogP contribution in [0.15, 0.2) is 66.7 Å². The first-order valence-electron chi connectivity index (χ1n) is 11.5. The van der Waals surface area contributed by atoms with Crippen LogP contribution in [0.3, 0.4) is 0 Å². The lowest BCUT2D eigenvalue weighted by Gasteiger charge is -2.28. The Morgan fingerprint density at radius 2 is 1.81 bits per heavy atom. The standard InChI is InChI=1S/C27H25Cl2FN2O4/c28-19-6-3-5-17(13-19)23-9-4-12-32(23)27(36)25(34)24(33)26(35)31-15-18-11-10-16(14-22(18)30)20-7-1-2-8-21(20)29/h1-3,5-8,10-11,13-14,23-25,33-34H,4,9,12,15H2,(H,31,35)/t23?,24-,25?/m1/s1. The molecule has 9 heteroatoms. The molecule has 2 unspecified atom stereocenters. The van der Waals surface area contributed by atoms with E-state index in [1.54, 1.807) is 48.5 Å². The van der Waals surface area contributed by atoms with Crippen LogP contribution in [0.1, 0.15) is 30.0 Å². The predicted molar refractivity (Wildman–Crippen MR) is 136 cm³/mol. The van der Waals surface area contributed by atoms with Crippen molar-refractivity contribution in [1.29, 1.82) is 0 Å². The first-order chi connectivity index (χ1) is 17.3. The third-order valence-electron chi connectivity index (χ3n) is 6.28. The van der Waals surface area contributed by atoms with Crippen LogP contribution < -0.4 is 5.32 Å². The molecule has 3 N–H and O–H groups in total. The zero-order valence-corrected chi connectivity index (χ0v) is 20.7. The van der Waals surface area contributed by atoms with Gasteiger partial charge in [-0.25, -0.2) is 4.39 Å². The molecule has 3 atom stereocenters. The summed E-state index contributed by atoms with van der Waals surface area (Å²) < 4.78 is 14.7. The van der Waals surface area contributed by atoms with Gasteiger partial charge >= 0.3 is 0 Å². The molecule has 0 aliphatic carbocycles. The van der Waals surface area contributed by atoms with Crippen molar-refractivity contribution >= 4 is 35.0 Å². The second-order valence-corrected chi connectivity index (χ2v) is 9.48. The molecule has 1 saturated heterocycles. The lowest BCUT2D eigenvalue weighted by molar-refractivity contribution is -0.153. The maximum Gasteiger partial charge on any atom is 0.255 e. The molecule has 6 nitrogen and oxygen atoms in total. The molecule has 1 aliphatic rings. The van der Waals surface area contributed by atoms with Gasteiger partial charge in [0.15, 0.2) is 12.2 Å². The Morgan fingerprint density at radius 3 is 2.53 bits per heavy atom. The van der Waals surface area contributed by atoms with E-state index in [4.69, 9.17) is 23.2 Å². The van der Waals surface area contributed by atoms with Crippen molar-refractivity contribution < 1.29 is 24.2 Å². The Hall–Kier alpha value is -2.97. The molecule has 3 aromatic carbocycles. The van der Waals surface area contributed by atoms with E-state index in [0.717, 1.165) is 5.56 Å². The highest BCUT2D eigenvalue weighted by molar-refractivity contribution is 6.33. The van der Waals surface area contributed by atoms with Crippen LogP contribution in [0.25, 0.3) is 11.1 Å². The summed E-state index contributed by atoms with van der Waals surface area (Å²) in [6, 6.07) is 18.3. The number of nitrogens with one attached hydrogen (secondary N) is 1. The van der Waals surface area contributed by atoms with Gasteiger partial charge in [-0.3, -0.25) is 9.59 Å².